The van der Waals surface area contributed by atoms with Gasteiger partial charge in [0.15, 0.2) is 0 Å². The molecule has 0 fully saturated rings. The second-order valence-electron chi connectivity index (χ2n) is 5.93. The molecule has 0 aromatic rings. The first kappa shape index (κ1) is 19.9. The molecule has 120 valence electrons. The van der Waals surface area contributed by atoms with E-state index in [-0.39, 0.29) is 0 Å². The molecule has 0 atom stereocenters. The van der Waals surface area contributed by atoms with Gasteiger partial charge in [-0.05, 0) is 71.7 Å². The van der Waals surface area contributed by atoms with E-state index in [1.807, 2.05) is 14.1 Å². The lowest BCUT2D eigenvalue weighted by Gasteiger charge is -2.13. The van der Waals surface area contributed by atoms with Gasteiger partial charge in [0.1, 0.15) is 6.61 Å². The van der Waals surface area contributed by atoms with E-state index in [1.165, 1.54) is 16.7 Å². The third-order valence-electron chi connectivity index (χ3n) is 3.13. The highest BCUT2D eigenvalue weighted by molar-refractivity contribution is 7.80. The molecule has 0 aromatic carbocycles. The molecule has 0 spiro atoms. The SMILES string of the molecule is CC(C)=CCC/C(C)=C/CC/C(C)=C/COC(=S)N(C)C. The quantitative estimate of drug-likeness (QED) is 0.448. The summed E-state index contributed by atoms with van der Waals surface area (Å²) in [5.74, 6) is 0. The van der Waals surface area contributed by atoms with E-state index in [2.05, 4.69) is 45.9 Å². The van der Waals surface area contributed by atoms with E-state index in [4.69, 9.17) is 17.0 Å². The summed E-state index contributed by atoms with van der Waals surface area (Å²) >= 11 is 5.07. The molecule has 0 radical (unpaired) electrons. The molecule has 2 nitrogen and oxygen atoms in total. The Morgan fingerprint density at radius 2 is 1.43 bits per heavy atom. The minimum Gasteiger partial charge on any atom is -0.467 e. The molecule has 0 rings (SSSR count). The molecule has 0 saturated carbocycles. The summed E-state index contributed by atoms with van der Waals surface area (Å²) in [5, 5.41) is 0.536. The molecule has 0 aliphatic heterocycles. The molecule has 0 aromatic heterocycles. The number of rotatable bonds is 8. The number of nitrogens with zero attached hydrogens (tertiary/aromatic N) is 1. The van der Waals surface area contributed by atoms with Crippen molar-refractivity contribution in [3.8, 4) is 0 Å². The Balaban J connectivity index is 3.93. The van der Waals surface area contributed by atoms with Crippen LogP contribution < -0.4 is 0 Å². The molecular formula is C18H31NOS. The molecule has 3 heteroatoms. The summed E-state index contributed by atoms with van der Waals surface area (Å²) in [6.45, 7) is 9.23. The maximum absolute atomic E-state index is 5.44. The van der Waals surface area contributed by atoms with Crippen molar-refractivity contribution < 1.29 is 4.74 Å². The van der Waals surface area contributed by atoms with Crippen LogP contribution in [0.1, 0.15) is 53.4 Å². The minimum absolute atomic E-state index is 0.536. The van der Waals surface area contributed by atoms with Crippen LogP contribution in [0.15, 0.2) is 34.9 Å². The highest BCUT2D eigenvalue weighted by atomic mass is 32.1. The number of thiocarbonyl (C=S) groups is 1. The Kier molecular flexibility index (Phi) is 11.0. The fourth-order valence-corrected chi connectivity index (χ4v) is 1.79. The summed E-state index contributed by atoms with van der Waals surface area (Å²) in [5.41, 5.74) is 4.23. The zero-order valence-corrected chi connectivity index (χ0v) is 15.3. The van der Waals surface area contributed by atoms with Crippen molar-refractivity contribution >= 4 is 17.4 Å². The van der Waals surface area contributed by atoms with Crippen LogP contribution in [-0.2, 0) is 4.74 Å². The van der Waals surface area contributed by atoms with E-state index in [9.17, 15) is 0 Å². The molecule has 0 unspecified atom stereocenters. The molecule has 0 saturated heterocycles. The van der Waals surface area contributed by atoms with E-state index < -0.39 is 0 Å². The van der Waals surface area contributed by atoms with Gasteiger partial charge < -0.3 is 9.64 Å². The van der Waals surface area contributed by atoms with Crippen LogP contribution in [0.25, 0.3) is 0 Å². The number of allylic oxidation sites excluding steroid dienone is 5. The second kappa shape index (κ2) is 11.6. The van der Waals surface area contributed by atoms with Gasteiger partial charge in [-0.2, -0.15) is 0 Å². The lowest BCUT2D eigenvalue weighted by molar-refractivity contribution is 0.304. The van der Waals surface area contributed by atoms with Gasteiger partial charge in [-0.3, -0.25) is 0 Å². The number of hydrogen-bond donors (Lipinski definition) is 0. The third-order valence-corrected chi connectivity index (χ3v) is 3.61. The lowest BCUT2D eigenvalue weighted by atomic mass is 10.1. The zero-order chi connectivity index (χ0) is 16.3. The van der Waals surface area contributed by atoms with Gasteiger partial charge in [-0.15, -0.1) is 0 Å². The largest absolute Gasteiger partial charge is 0.467 e. The maximum atomic E-state index is 5.44. The first-order valence-corrected chi connectivity index (χ1v) is 8.02. The molecule has 0 N–H and O–H groups in total. The van der Waals surface area contributed by atoms with Crippen molar-refractivity contribution in [2.24, 2.45) is 0 Å². The molecule has 0 aliphatic carbocycles. The van der Waals surface area contributed by atoms with E-state index in [0.29, 0.717) is 11.8 Å². The fourth-order valence-electron chi connectivity index (χ4n) is 1.72. The molecule has 21 heavy (non-hydrogen) atoms. The first-order valence-electron chi connectivity index (χ1n) is 7.61. The van der Waals surface area contributed by atoms with Gasteiger partial charge >= 0.3 is 0 Å². The Labute approximate surface area is 136 Å². The monoisotopic (exact) mass is 309 g/mol. The van der Waals surface area contributed by atoms with Crippen molar-refractivity contribution in [3.05, 3.63) is 34.9 Å². The highest BCUT2D eigenvalue weighted by Gasteiger charge is 1.97. The van der Waals surface area contributed by atoms with Gasteiger partial charge in [-0.25, -0.2) is 0 Å². The van der Waals surface area contributed by atoms with Crippen molar-refractivity contribution in [1.82, 2.24) is 4.90 Å². The zero-order valence-electron chi connectivity index (χ0n) is 14.5. The van der Waals surface area contributed by atoms with Crippen molar-refractivity contribution in [2.75, 3.05) is 20.7 Å². The van der Waals surface area contributed by atoms with Crippen LogP contribution in [0.2, 0.25) is 0 Å². The van der Waals surface area contributed by atoms with Crippen LogP contribution in [0.4, 0.5) is 0 Å². The minimum atomic E-state index is 0.536. The molecule has 0 aliphatic rings. The number of hydrogen-bond acceptors (Lipinski definition) is 2. The molecule has 0 bridgehead atoms. The van der Waals surface area contributed by atoms with Crippen molar-refractivity contribution in [3.63, 3.8) is 0 Å². The summed E-state index contributed by atoms with van der Waals surface area (Å²) in [6.07, 6.45) is 11.2. The van der Waals surface area contributed by atoms with Gasteiger partial charge in [0.25, 0.3) is 5.17 Å². The molecule has 0 amide bonds. The van der Waals surface area contributed by atoms with Crippen LogP contribution in [0.5, 0.6) is 0 Å². The van der Waals surface area contributed by atoms with Gasteiger partial charge in [0.2, 0.25) is 0 Å². The van der Waals surface area contributed by atoms with Gasteiger partial charge in [0, 0.05) is 14.1 Å². The van der Waals surface area contributed by atoms with E-state index >= 15 is 0 Å². The van der Waals surface area contributed by atoms with Crippen LogP contribution in [0, 0.1) is 0 Å². The topological polar surface area (TPSA) is 12.5 Å². The second-order valence-corrected chi connectivity index (χ2v) is 6.28. The Hall–Kier alpha value is -1.09. The standard InChI is InChI=1S/C18H31NOS/c1-15(2)9-7-10-16(3)11-8-12-17(4)13-14-20-18(21)19(5)6/h9,11,13H,7-8,10,12,14H2,1-6H3/b16-11+,17-13+. The van der Waals surface area contributed by atoms with Crippen molar-refractivity contribution in [1.29, 1.82) is 0 Å². The average Bonchev–Trinajstić information content (AvgIpc) is 2.37. The summed E-state index contributed by atoms with van der Waals surface area (Å²) in [6, 6.07) is 0. The smallest absolute Gasteiger partial charge is 0.259 e. The maximum Gasteiger partial charge on any atom is 0.259 e. The van der Waals surface area contributed by atoms with E-state index in [0.717, 1.165) is 25.7 Å². The Bertz CT molecular complexity index is 401. The van der Waals surface area contributed by atoms with E-state index in [1.54, 1.807) is 4.90 Å². The predicted molar refractivity (Wildman–Crippen MR) is 97.7 cm³/mol. The molecular weight excluding hydrogens is 278 g/mol. The highest BCUT2D eigenvalue weighted by Crippen LogP contribution is 2.11. The average molecular weight is 310 g/mol. The van der Waals surface area contributed by atoms with Gasteiger partial charge in [0.05, 0.1) is 0 Å². The number of ether oxygens (including phenoxy) is 1. The Morgan fingerprint density at radius 3 is 1.95 bits per heavy atom. The predicted octanol–water partition coefficient (Wildman–Crippen LogP) is 5.27. The lowest BCUT2D eigenvalue weighted by Crippen LogP contribution is -2.22. The first-order chi connectivity index (χ1) is 9.82. The summed E-state index contributed by atoms with van der Waals surface area (Å²) in [7, 11) is 3.78. The fraction of sp³-hybridized carbons (Fsp3) is 0.611. The summed E-state index contributed by atoms with van der Waals surface area (Å²) < 4.78 is 5.44. The van der Waals surface area contributed by atoms with Crippen LogP contribution >= 0.6 is 12.2 Å². The van der Waals surface area contributed by atoms with Gasteiger partial charge in [-0.1, -0.05) is 28.9 Å². The molecule has 0 heterocycles. The normalized spacial score (nSPS) is 12.1. The van der Waals surface area contributed by atoms with Crippen LogP contribution in [0.3, 0.4) is 0 Å². The third kappa shape index (κ3) is 12.4. The van der Waals surface area contributed by atoms with Crippen molar-refractivity contribution in [2.45, 2.75) is 53.4 Å². The van der Waals surface area contributed by atoms with Crippen LogP contribution in [-0.4, -0.2) is 30.8 Å². The summed E-state index contributed by atoms with van der Waals surface area (Å²) in [4.78, 5) is 1.80. The Morgan fingerprint density at radius 1 is 0.905 bits per heavy atom.